The molecule has 0 radical (unpaired) electrons. The van der Waals surface area contributed by atoms with Crippen molar-refractivity contribution >= 4 is 34.9 Å². The number of hydrogen-bond acceptors (Lipinski definition) is 4. The smallest absolute Gasteiger partial charge is 0.323 e. The fourth-order valence-electron chi connectivity index (χ4n) is 1.80. The van der Waals surface area contributed by atoms with Gasteiger partial charge in [0.05, 0.1) is 0 Å². The van der Waals surface area contributed by atoms with E-state index in [1.807, 2.05) is 48.7 Å². The number of nitriles is 1. The van der Waals surface area contributed by atoms with Crippen LogP contribution in [0.25, 0.3) is 0 Å². The lowest BCUT2D eigenvalue weighted by molar-refractivity contribution is 0.262. The summed E-state index contributed by atoms with van der Waals surface area (Å²) in [6.07, 6.45) is 0. The zero-order chi connectivity index (χ0) is 15.9. The molecule has 5 nitrogen and oxygen atoms in total. The van der Waals surface area contributed by atoms with E-state index < -0.39 is 0 Å². The van der Waals surface area contributed by atoms with Crippen LogP contribution in [-0.2, 0) is 0 Å². The maximum absolute atomic E-state index is 11.9. The van der Waals surface area contributed by atoms with Gasteiger partial charge in [0.2, 0.25) is 0 Å². The molecule has 0 saturated carbocycles. The molecule has 0 aliphatic heterocycles. The van der Waals surface area contributed by atoms with Crippen molar-refractivity contribution < 1.29 is 4.79 Å². The number of thiocyanates is 1. The molecule has 0 saturated heterocycles. The van der Waals surface area contributed by atoms with Gasteiger partial charge >= 0.3 is 6.03 Å². The van der Waals surface area contributed by atoms with Gasteiger partial charge in [-0.15, -0.1) is 0 Å². The molecule has 2 aromatic rings. The molecule has 2 rings (SSSR count). The molecule has 22 heavy (non-hydrogen) atoms. The van der Waals surface area contributed by atoms with E-state index in [1.165, 1.54) is 0 Å². The summed E-state index contributed by atoms with van der Waals surface area (Å²) in [6, 6.07) is 14.3. The van der Waals surface area contributed by atoms with Crippen LogP contribution >= 0.6 is 11.8 Å². The van der Waals surface area contributed by atoms with Crippen LogP contribution in [0.5, 0.6) is 0 Å². The molecule has 0 bridgehead atoms. The van der Waals surface area contributed by atoms with E-state index in [-0.39, 0.29) is 6.03 Å². The summed E-state index contributed by atoms with van der Waals surface area (Å²) in [5.41, 5.74) is 2.46. The zero-order valence-electron chi connectivity index (χ0n) is 12.3. The van der Waals surface area contributed by atoms with Crippen molar-refractivity contribution in [3.05, 3.63) is 48.5 Å². The van der Waals surface area contributed by atoms with Crippen LogP contribution in [0.2, 0.25) is 0 Å². The minimum atomic E-state index is -0.307. The summed E-state index contributed by atoms with van der Waals surface area (Å²) in [5.74, 6) is 0. The predicted molar refractivity (Wildman–Crippen MR) is 91.3 cm³/mol. The number of hydrogen-bond donors (Lipinski definition) is 2. The number of carbonyl (C=O) groups is 1. The Morgan fingerprint density at radius 1 is 1.00 bits per heavy atom. The van der Waals surface area contributed by atoms with Crippen molar-refractivity contribution in [2.75, 3.05) is 29.6 Å². The van der Waals surface area contributed by atoms with E-state index in [9.17, 15) is 4.79 Å². The third-order valence-corrected chi connectivity index (χ3v) is 3.52. The first-order chi connectivity index (χ1) is 10.6. The van der Waals surface area contributed by atoms with Crippen LogP contribution in [0.1, 0.15) is 0 Å². The maximum Gasteiger partial charge on any atom is 0.323 e. The number of anilines is 3. The maximum atomic E-state index is 11.9. The van der Waals surface area contributed by atoms with Crippen molar-refractivity contribution in [2.24, 2.45) is 0 Å². The van der Waals surface area contributed by atoms with Gasteiger partial charge in [0.25, 0.3) is 0 Å². The molecule has 2 N–H and O–H groups in total. The molecule has 2 aromatic carbocycles. The molecular weight excluding hydrogens is 296 g/mol. The number of nitrogens with one attached hydrogen (secondary N) is 2. The number of amides is 2. The summed E-state index contributed by atoms with van der Waals surface area (Å²) in [5, 5.41) is 16.1. The monoisotopic (exact) mass is 312 g/mol. The quantitative estimate of drug-likeness (QED) is 0.662. The van der Waals surface area contributed by atoms with Crippen molar-refractivity contribution in [1.29, 1.82) is 5.26 Å². The highest BCUT2D eigenvalue weighted by Gasteiger charge is 2.03. The summed E-state index contributed by atoms with van der Waals surface area (Å²) >= 11 is 1.08. The van der Waals surface area contributed by atoms with Gasteiger partial charge < -0.3 is 15.5 Å². The highest BCUT2D eigenvalue weighted by Crippen LogP contribution is 2.19. The van der Waals surface area contributed by atoms with Gasteiger partial charge in [0, 0.05) is 36.1 Å². The van der Waals surface area contributed by atoms with Crippen LogP contribution in [0.3, 0.4) is 0 Å². The molecule has 112 valence electrons. The third-order valence-electron chi connectivity index (χ3n) is 2.92. The first kappa shape index (κ1) is 15.7. The van der Waals surface area contributed by atoms with Gasteiger partial charge in [-0.2, -0.15) is 5.26 Å². The molecule has 0 aromatic heterocycles. The SMILES string of the molecule is CN(C)c1ccc(NC(=O)Nc2ccc(SC#N)cc2)cc1. The molecule has 0 fully saturated rings. The zero-order valence-corrected chi connectivity index (χ0v) is 13.1. The van der Waals surface area contributed by atoms with Gasteiger partial charge in [-0.25, -0.2) is 4.79 Å². The molecule has 0 aliphatic rings. The lowest BCUT2D eigenvalue weighted by Gasteiger charge is -2.13. The Hall–Kier alpha value is -2.65. The second-order valence-electron chi connectivity index (χ2n) is 4.74. The van der Waals surface area contributed by atoms with Crippen molar-refractivity contribution in [1.82, 2.24) is 0 Å². The first-order valence-electron chi connectivity index (χ1n) is 6.60. The van der Waals surface area contributed by atoms with Gasteiger partial charge in [-0.1, -0.05) is 0 Å². The van der Waals surface area contributed by atoms with Crippen LogP contribution < -0.4 is 15.5 Å². The number of urea groups is 1. The van der Waals surface area contributed by atoms with Crippen LogP contribution in [0.15, 0.2) is 53.4 Å². The molecular formula is C16H16N4OS. The lowest BCUT2D eigenvalue weighted by Crippen LogP contribution is -2.19. The number of nitrogens with zero attached hydrogens (tertiary/aromatic N) is 2. The average Bonchev–Trinajstić information content (AvgIpc) is 2.50. The largest absolute Gasteiger partial charge is 0.378 e. The van der Waals surface area contributed by atoms with E-state index in [4.69, 9.17) is 5.26 Å². The second-order valence-corrected chi connectivity index (χ2v) is 5.60. The molecule has 0 spiro atoms. The normalized spacial score (nSPS) is 9.68. The Labute approximate surface area is 133 Å². The van der Waals surface area contributed by atoms with Crippen LogP contribution in [0.4, 0.5) is 21.9 Å². The van der Waals surface area contributed by atoms with E-state index in [2.05, 4.69) is 10.6 Å². The Kier molecular flexibility index (Phi) is 5.28. The molecule has 0 atom stereocenters. The van der Waals surface area contributed by atoms with E-state index in [0.29, 0.717) is 5.69 Å². The Bertz CT molecular complexity index is 675. The molecule has 0 heterocycles. The van der Waals surface area contributed by atoms with Gasteiger partial charge in [0.15, 0.2) is 0 Å². The highest BCUT2D eigenvalue weighted by molar-refractivity contribution is 8.03. The minimum absolute atomic E-state index is 0.307. The minimum Gasteiger partial charge on any atom is -0.378 e. The molecule has 0 aliphatic carbocycles. The average molecular weight is 312 g/mol. The van der Waals surface area contributed by atoms with E-state index in [0.717, 1.165) is 28.0 Å². The molecule has 0 unspecified atom stereocenters. The summed E-state index contributed by atoms with van der Waals surface area (Å²) < 4.78 is 0. The fraction of sp³-hybridized carbons (Fsp3) is 0.125. The highest BCUT2D eigenvalue weighted by atomic mass is 32.2. The standard InChI is InChI=1S/C16H16N4OS/c1-20(2)14-7-3-12(4-8-14)18-16(21)19-13-5-9-15(10-6-13)22-11-17/h3-10H,1-2H3,(H2,18,19,21). The van der Waals surface area contributed by atoms with Crippen molar-refractivity contribution in [2.45, 2.75) is 4.90 Å². The number of rotatable bonds is 4. The van der Waals surface area contributed by atoms with E-state index >= 15 is 0 Å². The summed E-state index contributed by atoms with van der Waals surface area (Å²) in [6.45, 7) is 0. The van der Waals surface area contributed by atoms with Crippen LogP contribution in [0, 0.1) is 10.7 Å². The number of thioether (sulfide) groups is 1. The Morgan fingerprint density at radius 3 is 1.95 bits per heavy atom. The Balaban J connectivity index is 1.93. The summed E-state index contributed by atoms with van der Waals surface area (Å²) in [7, 11) is 3.92. The third kappa shape index (κ3) is 4.43. The molecule has 6 heteroatoms. The van der Waals surface area contributed by atoms with Gasteiger partial charge in [-0.3, -0.25) is 0 Å². The number of carbonyl (C=O) groups excluding carboxylic acids is 1. The van der Waals surface area contributed by atoms with Gasteiger partial charge in [0.1, 0.15) is 5.40 Å². The predicted octanol–water partition coefficient (Wildman–Crippen LogP) is 3.97. The van der Waals surface area contributed by atoms with Gasteiger partial charge in [-0.05, 0) is 60.3 Å². The van der Waals surface area contributed by atoms with Crippen molar-refractivity contribution in [3.8, 4) is 5.40 Å². The fourth-order valence-corrected chi connectivity index (χ4v) is 2.17. The van der Waals surface area contributed by atoms with Crippen LogP contribution in [-0.4, -0.2) is 20.1 Å². The first-order valence-corrected chi connectivity index (χ1v) is 7.41. The topological polar surface area (TPSA) is 68.2 Å². The summed E-state index contributed by atoms with van der Waals surface area (Å²) in [4.78, 5) is 14.8. The Morgan fingerprint density at radius 2 is 1.50 bits per heavy atom. The second kappa shape index (κ2) is 7.38. The molecule has 2 amide bonds. The number of benzene rings is 2. The van der Waals surface area contributed by atoms with Crippen molar-refractivity contribution in [3.63, 3.8) is 0 Å². The lowest BCUT2D eigenvalue weighted by atomic mass is 10.2. The van der Waals surface area contributed by atoms with E-state index in [1.54, 1.807) is 24.3 Å².